The molecule has 0 bridgehead atoms. The van der Waals surface area contributed by atoms with Gasteiger partial charge in [-0.15, -0.1) is 0 Å². The van der Waals surface area contributed by atoms with E-state index in [0.717, 1.165) is 11.0 Å². The van der Waals surface area contributed by atoms with Crippen LogP contribution in [-0.4, -0.2) is 9.78 Å². The highest BCUT2D eigenvalue weighted by atomic mass is 79.9. The Bertz CT molecular complexity index is 238. The summed E-state index contributed by atoms with van der Waals surface area (Å²) in [5, 5.41) is 4.16. The minimum Gasteiger partial charge on any atom is -0.381 e. The smallest absolute Gasteiger partial charge is 0.159 e. The van der Waals surface area contributed by atoms with Crippen LogP contribution in [0.4, 0.5) is 5.82 Å². The van der Waals surface area contributed by atoms with Gasteiger partial charge in [0.1, 0.15) is 0 Å². The summed E-state index contributed by atoms with van der Waals surface area (Å²) in [6, 6.07) is 0. The van der Waals surface area contributed by atoms with E-state index in [0.29, 0.717) is 5.82 Å². The lowest BCUT2D eigenvalue weighted by atomic mass is 10.2. The molecule has 1 aromatic heterocycles. The lowest BCUT2D eigenvalue weighted by Crippen LogP contribution is -1.99. The molecule has 1 rings (SSSR count). The second kappa shape index (κ2) is 5.27. The first-order valence-corrected chi connectivity index (χ1v) is 5.51. The van der Waals surface area contributed by atoms with E-state index in [1.807, 2.05) is 10.9 Å². The summed E-state index contributed by atoms with van der Waals surface area (Å²) in [6.45, 7) is 3.18. The second-order valence-electron chi connectivity index (χ2n) is 3.19. The molecule has 0 aliphatic carbocycles. The first-order chi connectivity index (χ1) is 6.24. The number of nitrogens with two attached hydrogens (primary N) is 1. The van der Waals surface area contributed by atoms with E-state index in [9.17, 15) is 0 Å². The molecule has 74 valence electrons. The van der Waals surface area contributed by atoms with Crippen molar-refractivity contribution in [2.45, 2.75) is 39.2 Å². The van der Waals surface area contributed by atoms with Crippen LogP contribution < -0.4 is 5.73 Å². The molecule has 1 heterocycles. The Kier molecular flexibility index (Phi) is 4.28. The van der Waals surface area contributed by atoms with Gasteiger partial charge in [-0.3, -0.25) is 4.68 Å². The van der Waals surface area contributed by atoms with E-state index in [-0.39, 0.29) is 0 Å². The summed E-state index contributed by atoms with van der Waals surface area (Å²) < 4.78 is 2.79. The van der Waals surface area contributed by atoms with E-state index < -0.39 is 0 Å². The number of aromatic nitrogens is 2. The largest absolute Gasteiger partial charge is 0.381 e. The lowest BCUT2D eigenvalue weighted by Gasteiger charge is -1.99. The Morgan fingerprint density at radius 3 is 2.77 bits per heavy atom. The molecular weight excluding hydrogens is 230 g/mol. The fraction of sp³-hybridized carbons (Fsp3) is 0.667. The van der Waals surface area contributed by atoms with Crippen molar-refractivity contribution in [1.82, 2.24) is 9.78 Å². The Hall–Kier alpha value is -0.510. The summed E-state index contributed by atoms with van der Waals surface area (Å²) >= 11 is 3.33. The predicted octanol–water partition coefficient (Wildman–Crippen LogP) is 2.81. The average molecular weight is 246 g/mol. The third kappa shape index (κ3) is 3.38. The van der Waals surface area contributed by atoms with Gasteiger partial charge in [-0.25, -0.2) is 0 Å². The van der Waals surface area contributed by atoms with Gasteiger partial charge in [0, 0.05) is 12.7 Å². The number of hydrogen-bond donors (Lipinski definition) is 1. The van der Waals surface area contributed by atoms with Crippen LogP contribution in [0, 0.1) is 0 Å². The lowest BCUT2D eigenvalue weighted by molar-refractivity contribution is 0.542. The van der Waals surface area contributed by atoms with Crippen LogP contribution in [0.15, 0.2) is 10.7 Å². The molecule has 0 amide bonds. The Morgan fingerprint density at radius 2 is 2.23 bits per heavy atom. The van der Waals surface area contributed by atoms with Crippen LogP contribution in [-0.2, 0) is 6.54 Å². The Labute approximate surface area is 87.4 Å². The highest BCUT2D eigenvalue weighted by Gasteiger charge is 2.00. The number of halogens is 1. The first kappa shape index (κ1) is 10.6. The van der Waals surface area contributed by atoms with Crippen molar-refractivity contribution in [3.05, 3.63) is 10.7 Å². The summed E-state index contributed by atoms with van der Waals surface area (Å²) in [5.74, 6) is 0.579. The monoisotopic (exact) mass is 245 g/mol. The first-order valence-electron chi connectivity index (χ1n) is 4.72. The summed E-state index contributed by atoms with van der Waals surface area (Å²) in [7, 11) is 0. The van der Waals surface area contributed by atoms with E-state index in [1.165, 1.54) is 25.7 Å². The van der Waals surface area contributed by atoms with Gasteiger partial charge in [0.2, 0.25) is 0 Å². The van der Waals surface area contributed by atoms with Crippen molar-refractivity contribution < 1.29 is 0 Å². The molecule has 0 fully saturated rings. The number of hydrogen-bond acceptors (Lipinski definition) is 2. The Balaban J connectivity index is 2.29. The number of unbranched alkanes of at least 4 members (excludes halogenated alkanes) is 3. The number of anilines is 1. The van der Waals surface area contributed by atoms with Crippen LogP contribution in [0.2, 0.25) is 0 Å². The molecule has 0 saturated carbocycles. The van der Waals surface area contributed by atoms with Crippen molar-refractivity contribution in [3.8, 4) is 0 Å². The number of rotatable bonds is 5. The van der Waals surface area contributed by atoms with Crippen LogP contribution in [0.5, 0.6) is 0 Å². The molecule has 0 atom stereocenters. The topological polar surface area (TPSA) is 43.8 Å². The molecule has 0 saturated heterocycles. The average Bonchev–Trinajstić information content (AvgIpc) is 2.41. The van der Waals surface area contributed by atoms with Gasteiger partial charge in [-0.2, -0.15) is 5.10 Å². The normalized spacial score (nSPS) is 10.6. The molecule has 0 unspecified atom stereocenters. The fourth-order valence-electron chi connectivity index (χ4n) is 1.23. The minimum atomic E-state index is 0.579. The molecule has 13 heavy (non-hydrogen) atoms. The third-order valence-electron chi connectivity index (χ3n) is 1.98. The molecular formula is C9H16BrN3. The van der Waals surface area contributed by atoms with E-state index >= 15 is 0 Å². The van der Waals surface area contributed by atoms with Crippen LogP contribution in [0.3, 0.4) is 0 Å². The molecule has 0 radical (unpaired) electrons. The van der Waals surface area contributed by atoms with Gasteiger partial charge in [-0.1, -0.05) is 26.2 Å². The maximum atomic E-state index is 5.59. The van der Waals surface area contributed by atoms with Gasteiger partial charge < -0.3 is 5.73 Å². The molecule has 0 aromatic carbocycles. The summed E-state index contributed by atoms with van der Waals surface area (Å²) in [4.78, 5) is 0. The number of aryl methyl sites for hydroxylation is 1. The van der Waals surface area contributed by atoms with Gasteiger partial charge in [-0.05, 0) is 22.4 Å². The van der Waals surface area contributed by atoms with E-state index in [4.69, 9.17) is 5.73 Å². The minimum absolute atomic E-state index is 0.579. The van der Waals surface area contributed by atoms with Crippen molar-refractivity contribution in [3.63, 3.8) is 0 Å². The molecule has 4 heteroatoms. The van der Waals surface area contributed by atoms with Crippen molar-refractivity contribution >= 4 is 21.7 Å². The predicted molar refractivity (Wildman–Crippen MR) is 58.5 cm³/mol. The number of nitrogen functional groups attached to an aromatic ring is 1. The maximum absolute atomic E-state index is 5.59. The van der Waals surface area contributed by atoms with E-state index in [1.54, 1.807) is 0 Å². The van der Waals surface area contributed by atoms with E-state index in [2.05, 4.69) is 28.0 Å². The SMILES string of the molecule is CCCCCCn1cc(Br)c(N)n1. The van der Waals surface area contributed by atoms with Crippen LogP contribution in [0.25, 0.3) is 0 Å². The zero-order chi connectivity index (χ0) is 9.68. The quantitative estimate of drug-likeness (QED) is 0.812. The highest BCUT2D eigenvalue weighted by molar-refractivity contribution is 9.10. The second-order valence-corrected chi connectivity index (χ2v) is 4.04. The molecule has 2 N–H and O–H groups in total. The van der Waals surface area contributed by atoms with Crippen LogP contribution in [0.1, 0.15) is 32.6 Å². The van der Waals surface area contributed by atoms with Crippen molar-refractivity contribution in [2.75, 3.05) is 5.73 Å². The van der Waals surface area contributed by atoms with Gasteiger partial charge >= 0.3 is 0 Å². The number of nitrogens with zero attached hydrogens (tertiary/aromatic N) is 2. The molecule has 0 aliphatic heterocycles. The summed E-state index contributed by atoms with van der Waals surface area (Å²) in [5.41, 5.74) is 5.59. The molecule has 0 spiro atoms. The van der Waals surface area contributed by atoms with Gasteiger partial charge in [0.05, 0.1) is 4.47 Å². The van der Waals surface area contributed by atoms with Crippen molar-refractivity contribution in [1.29, 1.82) is 0 Å². The van der Waals surface area contributed by atoms with Gasteiger partial charge in [0.15, 0.2) is 5.82 Å². The molecule has 3 nitrogen and oxygen atoms in total. The van der Waals surface area contributed by atoms with Crippen LogP contribution >= 0.6 is 15.9 Å². The summed E-state index contributed by atoms with van der Waals surface area (Å²) in [6.07, 6.45) is 6.96. The zero-order valence-corrected chi connectivity index (χ0v) is 9.55. The third-order valence-corrected chi connectivity index (χ3v) is 2.59. The molecule has 0 aliphatic rings. The van der Waals surface area contributed by atoms with Crippen molar-refractivity contribution in [2.24, 2.45) is 0 Å². The van der Waals surface area contributed by atoms with Gasteiger partial charge in [0.25, 0.3) is 0 Å². The standard InChI is InChI=1S/C9H16BrN3/c1-2-3-4-5-6-13-7-8(10)9(11)12-13/h7H,2-6H2,1H3,(H2,11,12). The fourth-order valence-corrected chi connectivity index (χ4v) is 1.54. The Morgan fingerprint density at radius 1 is 1.46 bits per heavy atom. The zero-order valence-electron chi connectivity index (χ0n) is 7.96. The highest BCUT2D eigenvalue weighted by Crippen LogP contribution is 2.16. The maximum Gasteiger partial charge on any atom is 0.159 e. The molecule has 1 aromatic rings.